The van der Waals surface area contributed by atoms with E-state index in [9.17, 15) is 4.79 Å². The molecule has 2 unspecified atom stereocenters. The minimum absolute atomic E-state index is 0.0519. The summed E-state index contributed by atoms with van der Waals surface area (Å²) in [7, 11) is 0. The van der Waals surface area contributed by atoms with Crippen molar-refractivity contribution in [3.8, 4) is 0 Å². The lowest BCUT2D eigenvalue weighted by Crippen LogP contribution is -2.36. The maximum atomic E-state index is 11.4. The van der Waals surface area contributed by atoms with Gasteiger partial charge < -0.3 is 5.32 Å². The van der Waals surface area contributed by atoms with Gasteiger partial charge in [0.15, 0.2) is 0 Å². The topological polar surface area (TPSA) is 29.1 Å². The molecule has 0 fully saturated rings. The quantitative estimate of drug-likeness (QED) is 0.724. The van der Waals surface area contributed by atoms with Gasteiger partial charge in [-0.05, 0) is 11.3 Å². The van der Waals surface area contributed by atoms with Gasteiger partial charge in [0.2, 0.25) is 5.91 Å². The van der Waals surface area contributed by atoms with E-state index in [-0.39, 0.29) is 17.2 Å². The number of nitrogens with one attached hydrogen (secondary N) is 1. The molecule has 2 nitrogen and oxygen atoms in total. The predicted octanol–water partition coefficient (Wildman–Crippen LogP) is 2.66. The van der Waals surface area contributed by atoms with Crippen molar-refractivity contribution in [3.05, 3.63) is 0 Å². The molecule has 0 heterocycles. The zero-order chi connectivity index (χ0) is 11.4. The van der Waals surface area contributed by atoms with E-state index in [2.05, 4.69) is 33.0 Å². The normalized spacial score (nSPS) is 16.1. The van der Waals surface area contributed by atoms with Crippen LogP contribution >= 0.6 is 11.6 Å². The molecule has 0 rings (SSSR count). The van der Waals surface area contributed by atoms with E-state index in [1.54, 1.807) is 0 Å². The third kappa shape index (κ3) is 4.85. The Kier molecular flexibility index (Phi) is 5.50. The lowest BCUT2D eigenvalue weighted by molar-refractivity contribution is -0.124. The molecule has 2 atom stereocenters. The molecule has 1 amide bonds. The highest BCUT2D eigenvalue weighted by Crippen LogP contribution is 2.24. The standard InChI is InChI=1S/C11H22ClNO/c1-8(6-12)10(14)13-7-9(2)11(3,4)5/h8-9H,6-7H2,1-5H3,(H,13,14). The SMILES string of the molecule is CC(CCl)C(=O)NCC(C)C(C)(C)C. The second-order valence-corrected chi connectivity index (χ2v) is 5.38. The molecule has 1 N–H and O–H groups in total. The van der Waals surface area contributed by atoms with Crippen LogP contribution < -0.4 is 5.32 Å². The Morgan fingerprint density at radius 3 is 2.21 bits per heavy atom. The summed E-state index contributed by atoms with van der Waals surface area (Å²) in [6, 6.07) is 0. The van der Waals surface area contributed by atoms with Crippen LogP contribution in [0, 0.1) is 17.3 Å². The van der Waals surface area contributed by atoms with Gasteiger partial charge in [-0.2, -0.15) is 0 Å². The Morgan fingerprint density at radius 1 is 1.36 bits per heavy atom. The summed E-state index contributed by atoms with van der Waals surface area (Å²) in [5.74, 6) is 0.810. The van der Waals surface area contributed by atoms with Crippen LogP contribution in [0.15, 0.2) is 0 Å². The van der Waals surface area contributed by atoms with Gasteiger partial charge >= 0.3 is 0 Å². The molecule has 0 aliphatic rings. The fraction of sp³-hybridized carbons (Fsp3) is 0.909. The van der Waals surface area contributed by atoms with Gasteiger partial charge in [-0.3, -0.25) is 4.79 Å². The first-order valence-electron chi connectivity index (χ1n) is 5.12. The number of rotatable bonds is 4. The van der Waals surface area contributed by atoms with Crippen molar-refractivity contribution in [2.45, 2.75) is 34.6 Å². The second-order valence-electron chi connectivity index (χ2n) is 5.07. The van der Waals surface area contributed by atoms with Crippen molar-refractivity contribution in [1.82, 2.24) is 5.32 Å². The van der Waals surface area contributed by atoms with E-state index in [1.807, 2.05) is 6.92 Å². The van der Waals surface area contributed by atoms with E-state index < -0.39 is 0 Å². The van der Waals surface area contributed by atoms with Crippen molar-refractivity contribution in [2.75, 3.05) is 12.4 Å². The molecule has 0 aromatic rings. The van der Waals surface area contributed by atoms with E-state index in [4.69, 9.17) is 11.6 Å². The maximum Gasteiger partial charge on any atom is 0.224 e. The monoisotopic (exact) mass is 219 g/mol. The molecule has 0 aliphatic carbocycles. The van der Waals surface area contributed by atoms with E-state index >= 15 is 0 Å². The summed E-state index contributed by atoms with van der Waals surface area (Å²) in [6.45, 7) is 11.2. The first-order valence-corrected chi connectivity index (χ1v) is 5.66. The molecule has 0 aliphatic heterocycles. The van der Waals surface area contributed by atoms with Gasteiger partial charge in [-0.15, -0.1) is 11.6 Å². The van der Waals surface area contributed by atoms with Crippen LogP contribution in [0.1, 0.15) is 34.6 Å². The van der Waals surface area contributed by atoms with Crippen LogP contribution in [-0.2, 0) is 4.79 Å². The molecule has 0 aromatic heterocycles. The Hall–Kier alpha value is -0.240. The van der Waals surface area contributed by atoms with Crippen molar-refractivity contribution in [2.24, 2.45) is 17.3 Å². The molecule has 84 valence electrons. The van der Waals surface area contributed by atoms with E-state index in [0.717, 1.165) is 6.54 Å². The Labute approximate surface area is 92.4 Å². The van der Waals surface area contributed by atoms with Crippen LogP contribution in [0.2, 0.25) is 0 Å². The minimum atomic E-state index is -0.0937. The number of halogens is 1. The van der Waals surface area contributed by atoms with Gasteiger partial charge in [0, 0.05) is 18.3 Å². The third-order valence-corrected chi connectivity index (χ3v) is 3.20. The second kappa shape index (κ2) is 5.59. The van der Waals surface area contributed by atoms with Gasteiger partial charge in [0.05, 0.1) is 0 Å². The first kappa shape index (κ1) is 13.8. The fourth-order valence-electron chi connectivity index (χ4n) is 0.804. The fourth-order valence-corrected chi connectivity index (χ4v) is 0.944. The van der Waals surface area contributed by atoms with Crippen LogP contribution in [0.4, 0.5) is 0 Å². The highest BCUT2D eigenvalue weighted by atomic mass is 35.5. The Bertz CT molecular complexity index is 186. The summed E-state index contributed by atoms with van der Waals surface area (Å²) in [6.07, 6.45) is 0. The van der Waals surface area contributed by atoms with E-state index in [1.165, 1.54) is 0 Å². The van der Waals surface area contributed by atoms with Gasteiger partial charge in [-0.1, -0.05) is 34.6 Å². The zero-order valence-electron chi connectivity index (χ0n) is 9.86. The number of hydrogen-bond acceptors (Lipinski definition) is 1. The molecule has 0 bridgehead atoms. The summed E-state index contributed by atoms with van der Waals surface area (Å²) in [5.41, 5.74) is 0.234. The van der Waals surface area contributed by atoms with Crippen LogP contribution in [0.5, 0.6) is 0 Å². The average Bonchev–Trinajstić information content (AvgIpc) is 2.10. The third-order valence-electron chi connectivity index (χ3n) is 2.74. The Balaban J connectivity index is 3.89. The van der Waals surface area contributed by atoms with Crippen molar-refractivity contribution in [1.29, 1.82) is 0 Å². The maximum absolute atomic E-state index is 11.4. The number of carbonyl (C=O) groups excluding carboxylic acids is 1. The molecule has 0 saturated carbocycles. The van der Waals surface area contributed by atoms with Gasteiger partial charge in [-0.25, -0.2) is 0 Å². The number of alkyl halides is 1. The molecule has 0 spiro atoms. The van der Waals surface area contributed by atoms with Gasteiger partial charge in [0.1, 0.15) is 0 Å². The van der Waals surface area contributed by atoms with E-state index in [0.29, 0.717) is 11.8 Å². The average molecular weight is 220 g/mol. The first-order chi connectivity index (χ1) is 6.29. The number of amides is 1. The summed E-state index contributed by atoms with van der Waals surface area (Å²) < 4.78 is 0. The number of hydrogen-bond donors (Lipinski definition) is 1. The van der Waals surface area contributed by atoms with Gasteiger partial charge in [0.25, 0.3) is 0 Å². The van der Waals surface area contributed by atoms with Crippen LogP contribution in [0.3, 0.4) is 0 Å². The highest BCUT2D eigenvalue weighted by Gasteiger charge is 2.21. The Morgan fingerprint density at radius 2 is 1.86 bits per heavy atom. The molecule has 3 heteroatoms. The molecule has 0 radical (unpaired) electrons. The smallest absolute Gasteiger partial charge is 0.224 e. The summed E-state index contributed by atoms with van der Waals surface area (Å²) in [4.78, 5) is 11.4. The summed E-state index contributed by atoms with van der Waals surface area (Å²) >= 11 is 5.59. The molecule has 0 saturated heterocycles. The van der Waals surface area contributed by atoms with Crippen molar-refractivity contribution < 1.29 is 4.79 Å². The summed E-state index contributed by atoms with van der Waals surface area (Å²) in [5, 5.41) is 2.92. The predicted molar refractivity (Wildman–Crippen MR) is 61.5 cm³/mol. The van der Waals surface area contributed by atoms with Crippen molar-refractivity contribution >= 4 is 17.5 Å². The van der Waals surface area contributed by atoms with Crippen molar-refractivity contribution in [3.63, 3.8) is 0 Å². The molecular formula is C11H22ClNO. The zero-order valence-corrected chi connectivity index (χ0v) is 10.6. The molecule has 0 aromatic carbocycles. The minimum Gasteiger partial charge on any atom is -0.356 e. The van der Waals surface area contributed by atoms with Crippen LogP contribution in [-0.4, -0.2) is 18.3 Å². The molecule has 14 heavy (non-hydrogen) atoms. The lowest BCUT2D eigenvalue weighted by Gasteiger charge is -2.27. The van der Waals surface area contributed by atoms with Crippen LogP contribution in [0.25, 0.3) is 0 Å². The molecular weight excluding hydrogens is 198 g/mol. The number of carbonyl (C=O) groups is 1. The lowest BCUT2D eigenvalue weighted by atomic mass is 9.82. The highest BCUT2D eigenvalue weighted by molar-refractivity contribution is 6.19. The largest absolute Gasteiger partial charge is 0.356 e.